The molecule has 0 aromatic carbocycles. The highest BCUT2D eigenvalue weighted by atomic mass is 16.5. The molecule has 10 nitrogen and oxygen atoms in total. The van der Waals surface area contributed by atoms with E-state index in [1.54, 1.807) is 12.4 Å². The number of hydrogen-bond acceptors (Lipinski definition) is 9. The minimum Gasteiger partial charge on any atom is -0.489 e. The Morgan fingerprint density at radius 1 is 1.03 bits per heavy atom. The topological polar surface area (TPSA) is 136 Å². The van der Waals surface area contributed by atoms with Gasteiger partial charge in [0, 0.05) is 24.5 Å². The second-order valence-electron chi connectivity index (χ2n) is 9.13. The van der Waals surface area contributed by atoms with Crippen molar-refractivity contribution >= 4 is 11.9 Å². The quantitative estimate of drug-likeness (QED) is 0.346. The van der Waals surface area contributed by atoms with Crippen LogP contribution in [0.15, 0.2) is 53.3 Å². The number of pyridine rings is 2. The lowest BCUT2D eigenvalue weighted by atomic mass is 9.87. The molecule has 0 amide bonds. The molecule has 0 aliphatic heterocycles. The van der Waals surface area contributed by atoms with Gasteiger partial charge in [-0.05, 0) is 69.9 Å². The summed E-state index contributed by atoms with van der Waals surface area (Å²) in [6.45, 7) is 4.14. The van der Waals surface area contributed by atoms with Gasteiger partial charge in [-0.25, -0.2) is 15.0 Å². The van der Waals surface area contributed by atoms with Crippen LogP contribution in [0.2, 0.25) is 0 Å². The Bertz CT molecular complexity index is 1390. The average Bonchev–Trinajstić information content (AvgIpc) is 3.29. The van der Waals surface area contributed by atoms with Gasteiger partial charge in [-0.2, -0.15) is 0 Å². The minimum atomic E-state index is -0.755. The predicted octanol–water partition coefficient (Wildman–Crippen LogP) is 4.84. The number of aromatic nitrogens is 5. The van der Waals surface area contributed by atoms with Gasteiger partial charge in [0.1, 0.15) is 11.4 Å². The molecule has 1 aliphatic rings. The highest BCUT2D eigenvalue weighted by Crippen LogP contribution is 2.32. The Morgan fingerprint density at radius 3 is 2.70 bits per heavy atom. The van der Waals surface area contributed by atoms with Crippen molar-refractivity contribution < 1.29 is 19.2 Å². The number of carbonyl (C=O) groups is 1. The molecule has 4 heterocycles. The van der Waals surface area contributed by atoms with Crippen LogP contribution in [0.3, 0.4) is 0 Å². The summed E-state index contributed by atoms with van der Waals surface area (Å²) in [5.74, 6) is 0.565. The Morgan fingerprint density at radius 2 is 1.92 bits per heavy atom. The second kappa shape index (κ2) is 10.7. The monoisotopic (exact) mass is 500 g/mol. The normalized spacial score (nSPS) is 17.4. The number of anilines is 1. The van der Waals surface area contributed by atoms with E-state index in [1.807, 2.05) is 50.2 Å². The molecule has 0 bridgehead atoms. The standard InChI is InChI=1S/C27H28N6O4/c1-16-20(15-30-27-29-13-11-22(32-27)21-8-3-4-12-28-21)25(37-33-16)23-9-10-24(17(2)31-23)36-19-7-5-6-18(14-19)26(34)35/h3-4,8-13,18-19H,5-7,14-15H2,1-2H3,(H,34,35)(H,29,30,32)/t18-,19-/m0/s1. The number of aryl methyl sites for hydroxylation is 2. The van der Waals surface area contributed by atoms with Crippen molar-refractivity contribution in [1.82, 2.24) is 25.1 Å². The van der Waals surface area contributed by atoms with Crippen LogP contribution in [-0.2, 0) is 11.3 Å². The SMILES string of the molecule is Cc1nc(-c2onc(C)c2CNc2nccc(-c3ccccn3)n2)ccc1O[C@H]1CCC[C@H](C(=O)O)C1. The first-order valence-electron chi connectivity index (χ1n) is 12.3. The van der Waals surface area contributed by atoms with Crippen molar-refractivity contribution in [2.45, 2.75) is 52.2 Å². The number of hydrogen-bond donors (Lipinski definition) is 2. The fourth-order valence-electron chi connectivity index (χ4n) is 4.52. The second-order valence-corrected chi connectivity index (χ2v) is 9.13. The molecule has 4 aromatic rings. The van der Waals surface area contributed by atoms with Crippen molar-refractivity contribution in [3.05, 3.63) is 65.7 Å². The molecule has 5 rings (SSSR count). The van der Waals surface area contributed by atoms with Crippen molar-refractivity contribution in [3.63, 3.8) is 0 Å². The zero-order valence-electron chi connectivity index (χ0n) is 20.7. The fraction of sp³-hybridized carbons (Fsp3) is 0.333. The number of nitrogens with zero attached hydrogens (tertiary/aromatic N) is 5. The Balaban J connectivity index is 1.30. The van der Waals surface area contributed by atoms with Gasteiger partial charge in [0.25, 0.3) is 0 Å². The van der Waals surface area contributed by atoms with E-state index in [4.69, 9.17) is 14.2 Å². The van der Waals surface area contributed by atoms with Gasteiger partial charge in [0.05, 0.1) is 34.8 Å². The molecule has 0 saturated heterocycles. The number of ether oxygens (including phenoxy) is 1. The maximum absolute atomic E-state index is 11.4. The lowest BCUT2D eigenvalue weighted by molar-refractivity contribution is -0.143. The van der Waals surface area contributed by atoms with Gasteiger partial charge in [0.2, 0.25) is 5.95 Å². The number of carboxylic acid groups (broad SMARTS) is 1. The summed E-state index contributed by atoms with van der Waals surface area (Å²) in [6.07, 6.45) is 6.18. The van der Waals surface area contributed by atoms with Crippen LogP contribution >= 0.6 is 0 Å². The van der Waals surface area contributed by atoms with E-state index in [2.05, 4.69) is 25.4 Å². The summed E-state index contributed by atoms with van der Waals surface area (Å²) in [5.41, 5.74) is 4.42. The summed E-state index contributed by atoms with van der Waals surface area (Å²) in [4.78, 5) is 29.3. The van der Waals surface area contributed by atoms with Gasteiger partial charge in [-0.3, -0.25) is 9.78 Å². The van der Waals surface area contributed by atoms with E-state index in [9.17, 15) is 9.90 Å². The van der Waals surface area contributed by atoms with E-state index in [-0.39, 0.29) is 12.0 Å². The molecule has 4 aromatic heterocycles. The minimum absolute atomic E-state index is 0.129. The molecule has 0 radical (unpaired) electrons. The highest BCUT2D eigenvalue weighted by Gasteiger charge is 2.28. The summed E-state index contributed by atoms with van der Waals surface area (Å²) in [5, 5.41) is 16.7. The van der Waals surface area contributed by atoms with E-state index in [0.717, 1.165) is 35.5 Å². The first kappa shape index (κ1) is 24.4. The molecule has 1 saturated carbocycles. The highest BCUT2D eigenvalue weighted by molar-refractivity contribution is 5.70. The average molecular weight is 501 g/mol. The van der Waals surface area contributed by atoms with Crippen LogP contribution in [0.25, 0.3) is 22.8 Å². The van der Waals surface area contributed by atoms with E-state index in [0.29, 0.717) is 48.2 Å². The van der Waals surface area contributed by atoms with E-state index in [1.165, 1.54) is 0 Å². The third kappa shape index (κ3) is 5.58. The smallest absolute Gasteiger partial charge is 0.306 e. The largest absolute Gasteiger partial charge is 0.489 e. The molecule has 10 heteroatoms. The van der Waals surface area contributed by atoms with Gasteiger partial charge in [-0.15, -0.1) is 0 Å². The van der Waals surface area contributed by atoms with Crippen LogP contribution < -0.4 is 10.1 Å². The molecular weight excluding hydrogens is 472 g/mol. The number of aliphatic carboxylic acids is 1. The lowest BCUT2D eigenvalue weighted by Gasteiger charge is -2.27. The van der Waals surface area contributed by atoms with Crippen LogP contribution in [0, 0.1) is 19.8 Å². The third-order valence-electron chi connectivity index (χ3n) is 6.53. The van der Waals surface area contributed by atoms with Crippen molar-refractivity contribution in [2.24, 2.45) is 5.92 Å². The number of nitrogens with one attached hydrogen (secondary N) is 1. The third-order valence-corrected chi connectivity index (χ3v) is 6.53. The molecule has 0 unspecified atom stereocenters. The van der Waals surface area contributed by atoms with Crippen LogP contribution in [0.4, 0.5) is 5.95 Å². The molecule has 190 valence electrons. The first-order valence-corrected chi connectivity index (χ1v) is 12.3. The maximum Gasteiger partial charge on any atom is 0.306 e. The first-order chi connectivity index (χ1) is 18.0. The van der Waals surface area contributed by atoms with Crippen molar-refractivity contribution in [1.29, 1.82) is 0 Å². The number of rotatable bonds is 8. The van der Waals surface area contributed by atoms with Crippen LogP contribution in [-0.4, -0.2) is 42.3 Å². The molecule has 0 spiro atoms. The van der Waals surface area contributed by atoms with E-state index < -0.39 is 5.97 Å². The zero-order valence-corrected chi connectivity index (χ0v) is 20.7. The molecule has 2 atom stereocenters. The van der Waals surface area contributed by atoms with Gasteiger partial charge >= 0.3 is 5.97 Å². The summed E-state index contributed by atoms with van der Waals surface area (Å²) in [6, 6.07) is 11.2. The van der Waals surface area contributed by atoms with Crippen molar-refractivity contribution in [2.75, 3.05) is 5.32 Å². The lowest BCUT2D eigenvalue weighted by Crippen LogP contribution is -2.29. The van der Waals surface area contributed by atoms with Gasteiger partial charge in [0.15, 0.2) is 5.76 Å². The summed E-state index contributed by atoms with van der Waals surface area (Å²) < 4.78 is 11.8. The fourth-order valence-corrected chi connectivity index (χ4v) is 4.52. The van der Waals surface area contributed by atoms with Crippen LogP contribution in [0.1, 0.15) is 42.6 Å². The van der Waals surface area contributed by atoms with Crippen LogP contribution in [0.5, 0.6) is 5.75 Å². The molecule has 2 N–H and O–H groups in total. The maximum atomic E-state index is 11.4. The van der Waals surface area contributed by atoms with Crippen molar-refractivity contribution in [3.8, 4) is 28.6 Å². The molecule has 1 aliphatic carbocycles. The molecule has 37 heavy (non-hydrogen) atoms. The summed E-state index contributed by atoms with van der Waals surface area (Å²) >= 11 is 0. The number of carboxylic acids is 1. The van der Waals surface area contributed by atoms with Gasteiger partial charge in [-0.1, -0.05) is 11.2 Å². The molecule has 1 fully saturated rings. The van der Waals surface area contributed by atoms with Gasteiger partial charge < -0.3 is 19.7 Å². The predicted molar refractivity (Wildman–Crippen MR) is 136 cm³/mol. The molecular formula is C27H28N6O4. The zero-order chi connectivity index (χ0) is 25.8. The van der Waals surface area contributed by atoms with E-state index >= 15 is 0 Å². The Kier molecular flexibility index (Phi) is 7.07. The Labute approximate surface area is 214 Å². The Hall–Kier alpha value is -4.34. The summed E-state index contributed by atoms with van der Waals surface area (Å²) in [7, 11) is 0.